The molecule has 2 amide bonds. The highest BCUT2D eigenvalue weighted by Crippen LogP contribution is 2.19. The topological polar surface area (TPSA) is 57.7 Å². The van der Waals surface area contributed by atoms with Crippen LogP contribution < -0.4 is 0 Å². The lowest BCUT2D eigenvalue weighted by molar-refractivity contribution is -0.130. The molecule has 1 atom stereocenters. The smallest absolute Gasteiger partial charge is 0.295 e. The van der Waals surface area contributed by atoms with Gasteiger partial charge in [0, 0.05) is 36.8 Å². The lowest BCUT2D eigenvalue weighted by Crippen LogP contribution is -2.56. The van der Waals surface area contributed by atoms with E-state index in [1.54, 1.807) is 36.1 Å². The van der Waals surface area contributed by atoms with Crippen LogP contribution in [0.5, 0.6) is 0 Å². The zero-order valence-corrected chi connectivity index (χ0v) is 16.3. The Labute approximate surface area is 164 Å². The number of piperazine rings is 1. The maximum absolute atomic E-state index is 13.7. The molecule has 0 aromatic heterocycles. The van der Waals surface area contributed by atoms with E-state index in [0.717, 1.165) is 6.07 Å². The van der Waals surface area contributed by atoms with Gasteiger partial charge in [0.25, 0.3) is 11.8 Å². The molecule has 2 aromatic rings. The number of hydrogen-bond donors (Lipinski definition) is 0. The van der Waals surface area contributed by atoms with Gasteiger partial charge in [0.1, 0.15) is 5.82 Å². The molecular weight excluding hydrogens is 415 g/mol. The van der Waals surface area contributed by atoms with Crippen LogP contribution in [0.15, 0.2) is 53.0 Å². The van der Waals surface area contributed by atoms with E-state index in [2.05, 4.69) is 15.9 Å². The first kappa shape index (κ1) is 19.2. The number of carbonyl (C=O) groups excluding carboxylic acids is 3. The van der Waals surface area contributed by atoms with E-state index in [1.807, 2.05) is 6.07 Å². The molecule has 7 heteroatoms. The number of carbonyl (C=O) groups is 3. The Bertz CT molecular complexity index is 888. The van der Waals surface area contributed by atoms with Gasteiger partial charge in [-0.25, -0.2) is 4.39 Å². The van der Waals surface area contributed by atoms with E-state index in [9.17, 15) is 18.8 Å². The zero-order chi connectivity index (χ0) is 19.6. The van der Waals surface area contributed by atoms with Crippen LogP contribution in [0.4, 0.5) is 4.39 Å². The third-order valence-electron chi connectivity index (χ3n) is 4.57. The molecule has 0 aliphatic carbocycles. The van der Waals surface area contributed by atoms with Crippen LogP contribution in [0.2, 0.25) is 0 Å². The highest BCUT2D eigenvalue weighted by Gasteiger charge is 2.33. The first-order valence-corrected chi connectivity index (χ1v) is 9.32. The summed E-state index contributed by atoms with van der Waals surface area (Å²) in [4.78, 5) is 40.7. The maximum Gasteiger partial charge on any atom is 0.295 e. The van der Waals surface area contributed by atoms with Gasteiger partial charge in [-0.05, 0) is 53.2 Å². The standard InChI is InChI=1S/C20H18BrFN2O3/c1-13-12-23(19(26)14-5-3-2-4-6-14)9-10-24(13)20(27)18(25)15-7-8-16(21)17(22)11-15/h2-8,11,13H,9-10,12H2,1H3/t13-/m1/s1. The van der Waals surface area contributed by atoms with E-state index < -0.39 is 17.5 Å². The van der Waals surface area contributed by atoms with Crippen molar-refractivity contribution in [3.8, 4) is 0 Å². The summed E-state index contributed by atoms with van der Waals surface area (Å²) in [5.74, 6) is -2.14. The highest BCUT2D eigenvalue weighted by molar-refractivity contribution is 9.10. The van der Waals surface area contributed by atoms with Gasteiger partial charge in [-0.3, -0.25) is 14.4 Å². The van der Waals surface area contributed by atoms with Gasteiger partial charge in [-0.1, -0.05) is 18.2 Å². The van der Waals surface area contributed by atoms with Crippen LogP contribution in [0.1, 0.15) is 27.6 Å². The molecule has 0 unspecified atom stereocenters. The van der Waals surface area contributed by atoms with Crippen molar-refractivity contribution >= 4 is 33.5 Å². The summed E-state index contributed by atoms with van der Waals surface area (Å²) < 4.78 is 13.9. The average Bonchev–Trinajstić information content (AvgIpc) is 2.69. The fourth-order valence-electron chi connectivity index (χ4n) is 3.10. The van der Waals surface area contributed by atoms with Gasteiger partial charge in [-0.15, -0.1) is 0 Å². The molecule has 1 fully saturated rings. The van der Waals surface area contributed by atoms with Crippen LogP contribution in [0, 0.1) is 5.82 Å². The molecule has 1 aliphatic heterocycles. The summed E-state index contributed by atoms with van der Waals surface area (Å²) in [6.45, 7) is 2.72. The van der Waals surface area contributed by atoms with Crippen LogP contribution in [-0.2, 0) is 4.79 Å². The fraction of sp³-hybridized carbons (Fsp3) is 0.250. The van der Waals surface area contributed by atoms with Gasteiger partial charge in [0.15, 0.2) is 0 Å². The minimum atomic E-state index is -0.754. The second kappa shape index (κ2) is 8.00. The van der Waals surface area contributed by atoms with Crippen molar-refractivity contribution in [3.63, 3.8) is 0 Å². The third kappa shape index (κ3) is 4.08. The molecule has 1 aliphatic rings. The van der Waals surface area contributed by atoms with Crippen molar-refractivity contribution < 1.29 is 18.8 Å². The Morgan fingerprint density at radius 2 is 1.74 bits per heavy atom. The molecule has 5 nitrogen and oxygen atoms in total. The monoisotopic (exact) mass is 432 g/mol. The van der Waals surface area contributed by atoms with Gasteiger partial charge in [0.2, 0.25) is 5.78 Å². The lowest BCUT2D eigenvalue weighted by atomic mass is 10.1. The number of rotatable bonds is 3. The van der Waals surface area contributed by atoms with E-state index in [4.69, 9.17) is 0 Å². The summed E-state index contributed by atoms with van der Waals surface area (Å²) in [6, 6.07) is 12.5. The Hall–Kier alpha value is -2.54. The molecule has 1 heterocycles. The zero-order valence-electron chi connectivity index (χ0n) is 14.7. The van der Waals surface area contributed by atoms with Crippen LogP contribution in [0.25, 0.3) is 0 Å². The number of Topliss-reactive ketones (excluding diaryl/α,β-unsaturated/α-hetero) is 1. The normalized spacial score (nSPS) is 16.9. The Balaban J connectivity index is 1.68. The predicted molar refractivity (Wildman–Crippen MR) is 102 cm³/mol. The second-order valence-electron chi connectivity index (χ2n) is 6.42. The number of amides is 2. The quantitative estimate of drug-likeness (QED) is 0.552. The van der Waals surface area contributed by atoms with Crippen molar-refractivity contribution in [2.45, 2.75) is 13.0 Å². The second-order valence-corrected chi connectivity index (χ2v) is 7.28. The van der Waals surface area contributed by atoms with Gasteiger partial charge in [0.05, 0.1) is 4.47 Å². The van der Waals surface area contributed by atoms with Crippen LogP contribution in [-0.4, -0.2) is 53.1 Å². The first-order chi connectivity index (χ1) is 12.9. The molecule has 140 valence electrons. The molecule has 27 heavy (non-hydrogen) atoms. The number of nitrogens with zero attached hydrogens (tertiary/aromatic N) is 2. The molecule has 0 bridgehead atoms. The molecule has 1 saturated heterocycles. The Morgan fingerprint density at radius 3 is 2.37 bits per heavy atom. The Morgan fingerprint density at radius 1 is 1.04 bits per heavy atom. The van der Waals surface area contributed by atoms with E-state index >= 15 is 0 Å². The first-order valence-electron chi connectivity index (χ1n) is 8.53. The highest BCUT2D eigenvalue weighted by atomic mass is 79.9. The molecule has 0 spiro atoms. The van der Waals surface area contributed by atoms with Gasteiger partial charge >= 0.3 is 0 Å². The summed E-state index contributed by atoms with van der Waals surface area (Å²) in [7, 11) is 0. The molecule has 0 radical (unpaired) electrons. The molecular formula is C20H18BrFN2O3. The molecule has 0 saturated carbocycles. The van der Waals surface area contributed by atoms with E-state index in [-0.39, 0.29) is 28.5 Å². The third-order valence-corrected chi connectivity index (χ3v) is 5.22. The Kier molecular flexibility index (Phi) is 5.70. The lowest BCUT2D eigenvalue weighted by Gasteiger charge is -2.39. The van der Waals surface area contributed by atoms with Gasteiger partial charge < -0.3 is 9.80 Å². The number of benzene rings is 2. The SMILES string of the molecule is C[C@@H]1CN(C(=O)c2ccccc2)CCN1C(=O)C(=O)c1ccc(Br)c(F)c1. The maximum atomic E-state index is 13.7. The van der Waals surface area contributed by atoms with Crippen molar-refractivity contribution in [3.05, 3.63) is 69.9 Å². The van der Waals surface area contributed by atoms with Gasteiger partial charge in [-0.2, -0.15) is 0 Å². The summed E-state index contributed by atoms with van der Waals surface area (Å²) in [5, 5.41) is 0. The van der Waals surface area contributed by atoms with Crippen LogP contribution >= 0.6 is 15.9 Å². The largest absolute Gasteiger partial charge is 0.335 e. The minimum absolute atomic E-state index is 0.00990. The van der Waals surface area contributed by atoms with Crippen molar-refractivity contribution in [1.29, 1.82) is 0 Å². The number of hydrogen-bond acceptors (Lipinski definition) is 3. The van der Waals surface area contributed by atoms with Crippen molar-refractivity contribution in [2.24, 2.45) is 0 Å². The van der Waals surface area contributed by atoms with E-state index in [1.165, 1.54) is 17.0 Å². The summed E-state index contributed by atoms with van der Waals surface area (Å²) in [6.07, 6.45) is 0. The van der Waals surface area contributed by atoms with Crippen molar-refractivity contribution in [2.75, 3.05) is 19.6 Å². The number of halogens is 2. The van der Waals surface area contributed by atoms with Crippen LogP contribution in [0.3, 0.4) is 0 Å². The predicted octanol–water partition coefficient (Wildman–Crippen LogP) is 3.14. The number of ketones is 1. The van der Waals surface area contributed by atoms with Crippen molar-refractivity contribution in [1.82, 2.24) is 9.80 Å². The summed E-state index contributed by atoms with van der Waals surface area (Å²) >= 11 is 3.02. The molecule has 3 rings (SSSR count). The average molecular weight is 433 g/mol. The molecule has 2 aromatic carbocycles. The minimum Gasteiger partial charge on any atom is -0.335 e. The fourth-order valence-corrected chi connectivity index (χ4v) is 3.34. The molecule has 0 N–H and O–H groups in total. The summed E-state index contributed by atoms with van der Waals surface area (Å²) in [5.41, 5.74) is 0.599. The van der Waals surface area contributed by atoms with E-state index in [0.29, 0.717) is 18.7 Å².